The highest BCUT2D eigenvalue weighted by molar-refractivity contribution is 5.85. The van der Waals surface area contributed by atoms with Crippen LogP contribution in [-0.2, 0) is 0 Å². The molecule has 0 saturated carbocycles. The van der Waals surface area contributed by atoms with Gasteiger partial charge in [0.25, 0.3) is 0 Å². The average molecular weight is 391 g/mol. The van der Waals surface area contributed by atoms with Crippen LogP contribution in [0.15, 0.2) is 62.7 Å². The molecule has 0 radical (unpaired) electrons. The van der Waals surface area contributed by atoms with Crippen LogP contribution in [-0.4, -0.2) is 0 Å². The van der Waals surface area contributed by atoms with Gasteiger partial charge in [-0.25, -0.2) is 0 Å². The molecular formula is C29H42. The molecule has 0 saturated heterocycles. The molecule has 0 fully saturated rings. The zero-order valence-corrected chi connectivity index (χ0v) is 19.3. The number of aryl methyl sites for hydroxylation is 2. The Kier molecular flexibility index (Phi) is 13.4. The van der Waals surface area contributed by atoms with E-state index in [1.165, 1.54) is 11.1 Å². The van der Waals surface area contributed by atoms with Crippen molar-refractivity contribution in [2.75, 3.05) is 0 Å². The van der Waals surface area contributed by atoms with Crippen LogP contribution in [0.25, 0.3) is 22.3 Å². The predicted octanol–water partition coefficient (Wildman–Crippen LogP) is 9.78. The molecule has 0 spiro atoms. The maximum Gasteiger partial charge on any atom is -0.0152 e. The van der Waals surface area contributed by atoms with Gasteiger partial charge < -0.3 is 0 Å². The predicted molar refractivity (Wildman–Crippen MR) is 139 cm³/mol. The highest BCUT2D eigenvalue weighted by Gasteiger charge is 2.12. The third kappa shape index (κ3) is 8.96. The van der Waals surface area contributed by atoms with Gasteiger partial charge in [-0.15, -0.1) is 0 Å². The Labute approximate surface area is 181 Å². The standard InChI is InChI=1S/C18H22.C8H10.C2H6.CH4/c1-11(2)15-9-17(13(5)6)18(14(7)8)10-16(15)12(3)4;1-7-3-5-8(2)6-4-7;1-2;/h9-10H,1,3,5,7H2,2,4,6,8H3;3-6H,1-2H3;1-2H3;1H4. The van der Waals surface area contributed by atoms with Crippen LogP contribution in [0.1, 0.15) is 82.3 Å². The van der Waals surface area contributed by atoms with E-state index in [-0.39, 0.29) is 7.43 Å². The van der Waals surface area contributed by atoms with Crippen molar-refractivity contribution in [3.8, 4) is 0 Å². The lowest BCUT2D eigenvalue weighted by molar-refractivity contribution is 1.40. The van der Waals surface area contributed by atoms with E-state index in [1.807, 2.05) is 41.5 Å². The van der Waals surface area contributed by atoms with Gasteiger partial charge in [-0.3, -0.25) is 0 Å². The fourth-order valence-corrected chi connectivity index (χ4v) is 2.65. The molecule has 0 unspecified atom stereocenters. The van der Waals surface area contributed by atoms with E-state index >= 15 is 0 Å². The van der Waals surface area contributed by atoms with Gasteiger partial charge in [0.15, 0.2) is 0 Å². The number of benzene rings is 2. The monoisotopic (exact) mass is 390 g/mol. The van der Waals surface area contributed by atoms with Crippen LogP contribution in [0.5, 0.6) is 0 Å². The molecule has 0 aliphatic carbocycles. The molecule has 0 N–H and O–H groups in total. The molecule has 158 valence electrons. The minimum Gasteiger partial charge on any atom is -0.0955 e. The van der Waals surface area contributed by atoms with Crippen LogP contribution in [0.2, 0.25) is 0 Å². The summed E-state index contributed by atoms with van der Waals surface area (Å²) >= 11 is 0. The van der Waals surface area contributed by atoms with Crippen LogP contribution >= 0.6 is 0 Å². The quantitative estimate of drug-likeness (QED) is 0.487. The molecule has 0 atom stereocenters. The molecule has 2 aromatic carbocycles. The molecule has 0 nitrogen and oxygen atoms in total. The molecular weight excluding hydrogens is 348 g/mol. The summed E-state index contributed by atoms with van der Waals surface area (Å²) in [6, 6.07) is 12.8. The van der Waals surface area contributed by atoms with Gasteiger partial charge in [0.05, 0.1) is 0 Å². The molecule has 0 heterocycles. The van der Waals surface area contributed by atoms with Crippen molar-refractivity contribution in [2.24, 2.45) is 0 Å². The first kappa shape index (κ1) is 28.6. The molecule has 0 amide bonds. The van der Waals surface area contributed by atoms with Crippen LogP contribution in [0.4, 0.5) is 0 Å². The summed E-state index contributed by atoms with van der Waals surface area (Å²) in [6.07, 6.45) is 0. The summed E-state index contributed by atoms with van der Waals surface area (Å²) < 4.78 is 0. The third-order valence-corrected chi connectivity index (χ3v) is 4.22. The summed E-state index contributed by atoms with van der Waals surface area (Å²) in [5.41, 5.74) is 11.4. The molecule has 0 heteroatoms. The van der Waals surface area contributed by atoms with E-state index in [0.717, 1.165) is 44.5 Å². The topological polar surface area (TPSA) is 0 Å². The summed E-state index contributed by atoms with van der Waals surface area (Å²) in [5.74, 6) is 0. The highest BCUT2D eigenvalue weighted by Crippen LogP contribution is 2.32. The Bertz CT molecular complexity index is 723. The largest absolute Gasteiger partial charge is 0.0955 e. The molecule has 0 aromatic heterocycles. The van der Waals surface area contributed by atoms with Gasteiger partial charge in [0.1, 0.15) is 0 Å². The van der Waals surface area contributed by atoms with Gasteiger partial charge in [0.2, 0.25) is 0 Å². The molecule has 0 bridgehead atoms. The van der Waals surface area contributed by atoms with E-state index in [0.29, 0.717) is 0 Å². The normalized spacial score (nSPS) is 8.97. The zero-order valence-electron chi connectivity index (χ0n) is 19.3. The molecule has 0 aliphatic rings. The zero-order chi connectivity index (χ0) is 22.0. The van der Waals surface area contributed by atoms with Gasteiger partial charge in [0, 0.05) is 0 Å². The second kappa shape index (κ2) is 13.6. The van der Waals surface area contributed by atoms with E-state index in [4.69, 9.17) is 0 Å². The van der Waals surface area contributed by atoms with E-state index < -0.39 is 0 Å². The minimum atomic E-state index is 0. The Morgan fingerprint density at radius 3 is 0.828 bits per heavy atom. The average Bonchev–Trinajstić information content (AvgIpc) is 2.64. The van der Waals surface area contributed by atoms with Crippen LogP contribution in [0.3, 0.4) is 0 Å². The molecule has 29 heavy (non-hydrogen) atoms. The Morgan fingerprint density at radius 1 is 0.517 bits per heavy atom. The van der Waals surface area contributed by atoms with E-state index in [9.17, 15) is 0 Å². The number of hydrogen-bond donors (Lipinski definition) is 0. The molecule has 2 aromatic rings. The lowest BCUT2D eigenvalue weighted by Crippen LogP contribution is -1.96. The highest BCUT2D eigenvalue weighted by atomic mass is 14.2. The van der Waals surface area contributed by atoms with Crippen LogP contribution in [0, 0.1) is 13.8 Å². The van der Waals surface area contributed by atoms with Gasteiger partial charge in [-0.05, 0) is 75.9 Å². The first-order chi connectivity index (χ1) is 13.0. The smallest absolute Gasteiger partial charge is 0.0152 e. The lowest BCUT2D eigenvalue weighted by Gasteiger charge is -2.17. The van der Waals surface area contributed by atoms with Crippen molar-refractivity contribution in [2.45, 2.75) is 62.8 Å². The van der Waals surface area contributed by atoms with Crippen molar-refractivity contribution in [1.29, 1.82) is 0 Å². The summed E-state index contributed by atoms with van der Waals surface area (Å²) in [6.45, 7) is 32.5. The van der Waals surface area contributed by atoms with Gasteiger partial charge in [-0.2, -0.15) is 0 Å². The molecule has 2 rings (SSSR count). The Morgan fingerprint density at radius 2 is 0.690 bits per heavy atom. The van der Waals surface area contributed by atoms with Gasteiger partial charge in [-0.1, -0.05) is 105 Å². The SMILES string of the molecule is C.C=C(C)c1cc(C(=C)C)c(C(=C)C)cc1C(=C)C.CC.Cc1ccc(C)cc1. The fraction of sp³-hybridized carbons (Fsp3) is 0.310. The Hall–Kier alpha value is -2.60. The van der Waals surface area contributed by atoms with Crippen LogP contribution < -0.4 is 0 Å². The first-order valence-electron chi connectivity index (χ1n) is 9.89. The second-order valence-corrected chi connectivity index (χ2v) is 7.22. The Balaban J connectivity index is 0. The van der Waals surface area contributed by atoms with Crippen molar-refractivity contribution in [3.63, 3.8) is 0 Å². The summed E-state index contributed by atoms with van der Waals surface area (Å²) in [4.78, 5) is 0. The van der Waals surface area contributed by atoms with E-state index in [1.54, 1.807) is 0 Å². The van der Waals surface area contributed by atoms with E-state index in [2.05, 4.69) is 76.6 Å². The number of rotatable bonds is 4. The lowest BCUT2D eigenvalue weighted by atomic mass is 9.88. The fourth-order valence-electron chi connectivity index (χ4n) is 2.65. The minimum absolute atomic E-state index is 0. The second-order valence-electron chi connectivity index (χ2n) is 7.22. The summed E-state index contributed by atoms with van der Waals surface area (Å²) in [5, 5.41) is 0. The first-order valence-corrected chi connectivity index (χ1v) is 9.89. The van der Waals surface area contributed by atoms with Crippen molar-refractivity contribution in [1.82, 2.24) is 0 Å². The number of hydrogen-bond acceptors (Lipinski definition) is 0. The van der Waals surface area contributed by atoms with Crippen molar-refractivity contribution in [3.05, 3.63) is 96.1 Å². The maximum absolute atomic E-state index is 4.05. The molecule has 0 aliphatic heterocycles. The number of allylic oxidation sites excluding steroid dienone is 4. The third-order valence-electron chi connectivity index (χ3n) is 4.22. The maximum atomic E-state index is 4.05. The summed E-state index contributed by atoms with van der Waals surface area (Å²) in [7, 11) is 0. The van der Waals surface area contributed by atoms with Crippen molar-refractivity contribution >= 4 is 22.3 Å². The van der Waals surface area contributed by atoms with Gasteiger partial charge >= 0.3 is 0 Å². The van der Waals surface area contributed by atoms with Crippen molar-refractivity contribution < 1.29 is 0 Å².